The number of benzene rings is 2. The molecule has 2 aromatic carbocycles. The topological polar surface area (TPSA) is 99.4 Å². The molecule has 0 radical (unpaired) electrons. The molecule has 8 nitrogen and oxygen atoms in total. The number of rotatable bonds is 7. The summed E-state index contributed by atoms with van der Waals surface area (Å²) < 4.78 is 19.0. The van der Waals surface area contributed by atoms with Crippen LogP contribution in [0.25, 0.3) is 6.08 Å². The molecular weight excluding hydrogens is 560 g/mol. The Hall–Kier alpha value is -3.37. The Balaban J connectivity index is 1.98. The molecule has 1 atom stereocenters. The number of methoxy groups -OCH3 is 1. The number of para-hydroxylation sites is 1. The van der Waals surface area contributed by atoms with E-state index >= 15 is 0 Å². The summed E-state index contributed by atoms with van der Waals surface area (Å²) >= 11 is 4.53. The number of hydrogen-bond donors (Lipinski definition) is 1. The van der Waals surface area contributed by atoms with Gasteiger partial charge in [-0.2, -0.15) is 0 Å². The third-order valence-corrected chi connectivity index (χ3v) is 7.25. The van der Waals surface area contributed by atoms with Gasteiger partial charge in [-0.1, -0.05) is 29.5 Å². The molecule has 0 aliphatic carbocycles. The largest absolute Gasteiger partial charge is 0.503 e. The van der Waals surface area contributed by atoms with Crippen molar-refractivity contribution in [2.75, 3.05) is 13.7 Å². The van der Waals surface area contributed by atoms with E-state index in [1.54, 1.807) is 32.1 Å². The van der Waals surface area contributed by atoms with E-state index in [9.17, 15) is 14.7 Å². The van der Waals surface area contributed by atoms with Gasteiger partial charge in [0.2, 0.25) is 0 Å². The number of aromatic nitrogens is 1. The molecule has 0 fully saturated rings. The van der Waals surface area contributed by atoms with Crippen molar-refractivity contribution in [1.82, 2.24) is 4.57 Å². The van der Waals surface area contributed by atoms with Crippen molar-refractivity contribution in [2.24, 2.45) is 4.99 Å². The van der Waals surface area contributed by atoms with Crippen molar-refractivity contribution in [1.29, 1.82) is 0 Å². The fourth-order valence-electron chi connectivity index (χ4n) is 4.14. The van der Waals surface area contributed by atoms with Crippen LogP contribution in [0.1, 0.15) is 44.9 Å². The fraction of sp³-hybridized carbons (Fsp3) is 0.296. The van der Waals surface area contributed by atoms with Gasteiger partial charge in [-0.3, -0.25) is 9.36 Å². The highest BCUT2D eigenvalue weighted by molar-refractivity contribution is 9.10. The van der Waals surface area contributed by atoms with E-state index in [0.717, 1.165) is 0 Å². The minimum Gasteiger partial charge on any atom is -0.503 e. The minimum atomic E-state index is -0.784. The van der Waals surface area contributed by atoms with Gasteiger partial charge in [0.15, 0.2) is 16.3 Å². The molecule has 4 rings (SSSR count). The first kappa shape index (κ1) is 26.7. The Kier molecular flexibility index (Phi) is 7.89. The van der Waals surface area contributed by atoms with E-state index < -0.39 is 12.0 Å². The third kappa shape index (κ3) is 5.21. The number of phenols is 1. The van der Waals surface area contributed by atoms with Gasteiger partial charge < -0.3 is 19.3 Å². The van der Waals surface area contributed by atoms with Crippen LogP contribution in [-0.2, 0) is 9.53 Å². The molecule has 0 unspecified atom stereocenters. The van der Waals surface area contributed by atoms with Crippen molar-refractivity contribution < 1.29 is 24.1 Å². The Morgan fingerprint density at radius 3 is 2.68 bits per heavy atom. The van der Waals surface area contributed by atoms with Crippen LogP contribution in [-0.4, -0.2) is 35.5 Å². The van der Waals surface area contributed by atoms with E-state index in [2.05, 4.69) is 20.9 Å². The average molecular weight is 587 g/mol. The van der Waals surface area contributed by atoms with Crippen molar-refractivity contribution in [3.05, 3.63) is 83.0 Å². The van der Waals surface area contributed by atoms with Crippen LogP contribution in [0.3, 0.4) is 0 Å². The molecule has 0 saturated carbocycles. The van der Waals surface area contributed by atoms with E-state index in [1.807, 2.05) is 38.1 Å². The van der Waals surface area contributed by atoms with Crippen LogP contribution < -0.4 is 24.4 Å². The summed E-state index contributed by atoms with van der Waals surface area (Å²) in [6, 6.07) is 9.90. The number of aromatic hydroxyl groups is 1. The van der Waals surface area contributed by atoms with Crippen LogP contribution in [0.4, 0.5) is 0 Å². The summed E-state index contributed by atoms with van der Waals surface area (Å²) in [5.74, 6) is 0.277. The first-order valence-corrected chi connectivity index (χ1v) is 13.3. The number of allylic oxidation sites excluding steroid dienone is 1. The lowest BCUT2D eigenvalue weighted by Crippen LogP contribution is -2.40. The molecule has 0 saturated heterocycles. The fourth-order valence-corrected chi connectivity index (χ4v) is 5.64. The van der Waals surface area contributed by atoms with Gasteiger partial charge in [0.25, 0.3) is 5.56 Å². The Labute approximate surface area is 226 Å². The summed E-state index contributed by atoms with van der Waals surface area (Å²) in [5, 5.41) is 10.2. The number of carbonyl (C=O) groups excluding carboxylic acids is 1. The molecule has 0 amide bonds. The smallest absolute Gasteiger partial charge is 0.338 e. The zero-order chi connectivity index (χ0) is 26.9. The Morgan fingerprint density at radius 2 is 2.00 bits per heavy atom. The molecule has 0 bridgehead atoms. The lowest BCUT2D eigenvalue weighted by atomic mass is 9.95. The molecule has 1 aromatic heterocycles. The number of thiazole rings is 1. The highest BCUT2D eigenvalue weighted by Gasteiger charge is 2.35. The van der Waals surface area contributed by atoms with Crippen LogP contribution in [0.2, 0.25) is 0 Å². The van der Waals surface area contributed by atoms with Gasteiger partial charge in [-0.25, -0.2) is 9.79 Å². The average Bonchev–Trinajstić information content (AvgIpc) is 3.14. The van der Waals surface area contributed by atoms with Gasteiger partial charge in [-0.15, -0.1) is 0 Å². The predicted molar refractivity (Wildman–Crippen MR) is 145 cm³/mol. The monoisotopic (exact) mass is 586 g/mol. The number of nitrogens with zero attached hydrogens (tertiary/aromatic N) is 2. The summed E-state index contributed by atoms with van der Waals surface area (Å²) in [5.41, 5.74) is 1.76. The second kappa shape index (κ2) is 10.9. The SMILES string of the molecule is CCOC(=O)C1=C(C)N=c2s/c(=C/c3cc(Br)c(O)c(OC)c3)c(=O)n2[C@@H]1c1ccccc1OC(C)C. The van der Waals surface area contributed by atoms with Crippen LogP contribution >= 0.6 is 27.3 Å². The molecular formula is C27H27BrN2O6S. The van der Waals surface area contributed by atoms with Crippen molar-refractivity contribution in [3.63, 3.8) is 0 Å². The molecule has 1 aliphatic rings. The zero-order valence-electron chi connectivity index (χ0n) is 21.1. The molecule has 10 heteroatoms. The Bertz CT molecular complexity index is 1570. The summed E-state index contributed by atoms with van der Waals surface area (Å²) in [6.07, 6.45) is 1.59. The number of esters is 1. The van der Waals surface area contributed by atoms with Crippen molar-refractivity contribution in [2.45, 2.75) is 39.8 Å². The second-order valence-electron chi connectivity index (χ2n) is 8.56. The predicted octanol–water partition coefficient (Wildman–Crippen LogP) is 4.06. The summed E-state index contributed by atoms with van der Waals surface area (Å²) in [4.78, 5) is 32.1. The van der Waals surface area contributed by atoms with Gasteiger partial charge in [0, 0.05) is 5.56 Å². The molecule has 37 heavy (non-hydrogen) atoms. The normalized spacial score (nSPS) is 15.4. The Morgan fingerprint density at radius 1 is 1.27 bits per heavy atom. The van der Waals surface area contributed by atoms with E-state index in [0.29, 0.717) is 36.4 Å². The second-order valence-corrected chi connectivity index (χ2v) is 10.4. The van der Waals surface area contributed by atoms with Gasteiger partial charge >= 0.3 is 5.97 Å². The molecule has 3 aromatic rings. The lowest BCUT2D eigenvalue weighted by molar-refractivity contribution is -0.139. The zero-order valence-corrected chi connectivity index (χ0v) is 23.5. The van der Waals surface area contributed by atoms with E-state index in [-0.39, 0.29) is 35.3 Å². The van der Waals surface area contributed by atoms with Crippen LogP contribution in [0.5, 0.6) is 17.2 Å². The maximum absolute atomic E-state index is 13.8. The van der Waals surface area contributed by atoms with Crippen LogP contribution in [0.15, 0.2) is 61.9 Å². The lowest BCUT2D eigenvalue weighted by Gasteiger charge is -2.26. The van der Waals surface area contributed by atoms with Gasteiger partial charge in [-0.05, 0) is 73.5 Å². The van der Waals surface area contributed by atoms with Gasteiger partial charge in [0.1, 0.15) is 11.8 Å². The van der Waals surface area contributed by atoms with Crippen LogP contribution in [0, 0.1) is 0 Å². The first-order valence-electron chi connectivity index (χ1n) is 11.7. The maximum Gasteiger partial charge on any atom is 0.338 e. The molecule has 2 heterocycles. The van der Waals surface area contributed by atoms with Gasteiger partial charge in [0.05, 0.1) is 40.1 Å². The number of phenolic OH excluding ortho intramolecular Hbond substituents is 1. The number of ether oxygens (including phenoxy) is 3. The maximum atomic E-state index is 13.8. The number of carbonyl (C=O) groups is 1. The van der Waals surface area contributed by atoms with E-state index in [4.69, 9.17) is 14.2 Å². The highest BCUT2D eigenvalue weighted by Crippen LogP contribution is 2.37. The quantitative estimate of drug-likeness (QED) is 0.419. The third-order valence-electron chi connectivity index (χ3n) is 5.66. The minimum absolute atomic E-state index is 0.0300. The number of hydrogen-bond acceptors (Lipinski definition) is 8. The first-order chi connectivity index (χ1) is 17.7. The molecule has 1 N–H and O–H groups in total. The summed E-state index contributed by atoms with van der Waals surface area (Å²) in [6.45, 7) is 7.50. The summed E-state index contributed by atoms with van der Waals surface area (Å²) in [7, 11) is 1.45. The number of fused-ring (bicyclic) bond motifs is 1. The molecule has 194 valence electrons. The standard InChI is InChI=1S/C27H27BrN2O6S/c1-6-35-26(33)22-15(4)29-27-30(23(22)17-9-7-8-10-19(17)36-14(2)3)25(32)21(37-27)13-16-11-18(28)24(31)20(12-16)34-5/h7-14,23,31H,6H2,1-5H3/b21-13+/t23-/m1/s1. The molecule has 1 aliphatic heterocycles. The van der Waals surface area contributed by atoms with Crippen molar-refractivity contribution >= 4 is 39.3 Å². The molecule has 0 spiro atoms. The highest BCUT2D eigenvalue weighted by atomic mass is 79.9. The number of halogens is 1. The van der Waals surface area contributed by atoms with Crippen molar-refractivity contribution in [3.8, 4) is 17.2 Å². The van der Waals surface area contributed by atoms with E-state index in [1.165, 1.54) is 23.0 Å².